The minimum Gasteiger partial charge on any atom is -0.477 e. The molecule has 0 saturated heterocycles. The molecule has 2 aromatic rings. The lowest BCUT2D eigenvalue weighted by atomic mass is 10.1. The topological polar surface area (TPSA) is 37.3 Å². The van der Waals surface area contributed by atoms with E-state index in [1.165, 1.54) is 35.3 Å². The predicted octanol–water partition coefficient (Wildman–Crippen LogP) is 3.60. The number of carboxylic acid groups (broad SMARTS) is 1. The number of fused-ring (bicyclic) bond motifs is 1. The van der Waals surface area contributed by atoms with Crippen molar-refractivity contribution in [3.05, 3.63) is 46.3 Å². The van der Waals surface area contributed by atoms with Crippen LogP contribution in [0.1, 0.15) is 27.2 Å². The van der Waals surface area contributed by atoms with Crippen LogP contribution >= 0.6 is 11.3 Å². The third-order valence-corrected chi connectivity index (χ3v) is 4.32. The lowest BCUT2D eigenvalue weighted by Gasteiger charge is -2.02. The van der Waals surface area contributed by atoms with E-state index < -0.39 is 5.97 Å². The highest BCUT2D eigenvalue weighted by Gasteiger charge is 2.13. The Balaban J connectivity index is 2.00. The SMILES string of the molecule is O=C(O)c1ccc(-c2ccc3c(c2)CCC3)s1. The van der Waals surface area contributed by atoms with Crippen molar-refractivity contribution < 1.29 is 9.90 Å². The second kappa shape index (κ2) is 4.00. The Labute approximate surface area is 104 Å². The first-order chi connectivity index (χ1) is 8.24. The first kappa shape index (κ1) is 10.5. The van der Waals surface area contributed by atoms with Crippen molar-refractivity contribution in [2.24, 2.45) is 0 Å². The van der Waals surface area contributed by atoms with Gasteiger partial charge in [-0.3, -0.25) is 0 Å². The van der Waals surface area contributed by atoms with Crippen LogP contribution in [0.3, 0.4) is 0 Å². The summed E-state index contributed by atoms with van der Waals surface area (Å²) in [5, 5.41) is 8.91. The molecule has 3 heteroatoms. The van der Waals surface area contributed by atoms with Gasteiger partial charge in [0, 0.05) is 4.88 Å². The van der Waals surface area contributed by atoms with Gasteiger partial charge in [0.2, 0.25) is 0 Å². The fourth-order valence-corrected chi connectivity index (χ4v) is 3.17. The third-order valence-electron chi connectivity index (χ3n) is 3.20. The molecule has 1 aromatic heterocycles. The standard InChI is InChI=1S/C14H12O2S/c15-14(16)13-7-6-12(17-13)11-5-4-9-2-1-3-10(9)8-11/h4-8H,1-3H2,(H,15,16). The fraction of sp³-hybridized carbons (Fsp3) is 0.214. The van der Waals surface area contributed by atoms with E-state index in [2.05, 4.69) is 18.2 Å². The van der Waals surface area contributed by atoms with E-state index in [4.69, 9.17) is 5.11 Å². The molecule has 1 heterocycles. The predicted molar refractivity (Wildman–Crippen MR) is 68.7 cm³/mol. The minimum absolute atomic E-state index is 0.403. The second-order valence-electron chi connectivity index (χ2n) is 4.31. The lowest BCUT2D eigenvalue weighted by molar-refractivity contribution is 0.0702. The van der Waals surface area contributed by atoms with Gasteiger partial charge >= 0.3 is 5.97 Å². The van der Waals surface area contributed by atoms with E-state index in [0.717, 1.165) is 16.9 Å². The van der Waals surface area contributed by atoms with E-state index in [-0.39, 0.29) is 0 Å². The fourth-order valence-electron chi connectivity index (χ4n) is 2.33. The molecule has 2 nitrogen and oxygen atoms in total. The molecule has 0 radical (unpaired) electrons. The second-order valence-corrected chi connectivity index (χ2v) is 5.39. The summed E-state index contributed by atoms with van der Waals surface area (Å²) >= 11 is 1.34. The molecule has 86 valence electrons. The molecule has 1 aliphatic carbocycles. The molecule has 0 amide bonds. The van der Waals surface area contributed by atoms with Crippen LogP contribution in [-0.4, -0.2) is 11.1 Å². The summed E-state index contributed by atoms with van der Waals surface area (Å²) in [7, 11) is 0. The zero-order chi connectivity index (χ0) is 11.8. The van der Waals surface area contributed by atoms with Gasteiger partial charge in [-0.1, -0.05) is 18.2 Å². The number of hydrogen-bond acceptors (Lipinski definition) is 2. The Morgan fingerprint density at radius 1 is 1.12 bits per heavy atom. The van der Waals surface area contributed by atoms with Crippen molar-refractivity contribution in [2.45, 2.75) is 19.3 Å². The Hall–Kier alpha value is -1.61. The molecule has 17 heavy (non-hydrogen) atoms. The largest absolute Gasteiger partial charge is 0.477 e. The molecule has 0 saturated carbocycles. The first-order valence-corrected chi connectivity index (χ1v) is 6.51. The van der Waals surface area contributed by atoms with Crippen LogP contribution in [-0.2, 0) is 12.8 Å². The molecule has 0 spiro atoms. The zero-order valence-electron chi connectivity index (χ0n) is 9.27. The molecule has 1 N–H and O–H groups in total. The smallest absolute Gasteiger partial charge is 0.345 e. The van der Waals surface area contributed by atoms with Crippen molar-refractivity contribution in [3.63, 3.8) is 0 Å². The van der Waals surface area contributed by atoms with Crippen LogP contribution < -0.4 is 0 Å². The van der Waals surface area contributed by atoms with Crippen molar-refractivity contribution in [1.29, 1.82) is 0 Å². The van der Waals surface area contributed by atoms with Gasteiger partial charge in [-0.2, -0.15) is 0 Å². The molecule has 1 aliphatic rings. The highest BCUT2D eigenvalue weighted by Crippen LogP contribution is 2.32. The van der Waals surface area contributed by atoms with Gasteiger partial charge < -0.3 is 5.11 Å². The van der Waals surface area contributed by atoms with E-state index in [9.17, 15) is 4.79 Å². The van der Waals surface area contributed by atoms with Crippen LogP contribution in [0.4, 0.5) is 0 Å². The van der Waals surface area contributed by atoms with Crippen molar-refractivity contribution >= 4 is 17.3 Å². The van der Waals surface area contributed by atoms with Gasteiger partial charge in [-0.25, -0.2) is 4.79 Å². The van der Waals surface area contributed by atoms with E-state index in [1.807, 2.05) is 6.07 Å². The summed E-state index contributed by atoms with van der Waals surface area (Å²) in [5.41, 5.74) is 4.01. The minimum atomic E-state index is -0.845. The maximum absolute atomic E-state index is 10.8. The van der Waals surface area contributed by atoms with Crippen LogP contribution in [0.5, 0.6) is 0 Å². The monoisotopic (exact) mass is 244 g/mol. The van der Waals surface area contributed by atoms with Crippen LogP contribution in [0, 0.1) is 0 Å². The maximum Gasteiger partial charge on any atom is 0.345 e. The summed E-state index contributed by atoms with van der Waals surface area (Å²) < 4.78 is 0. The number of carboxylic acids is 1. The summed E-state index contributed by atoms with van der Waals surface area (Å²) in [5.74, 6) is -0.845. The Kier molecular flexibility index (Phi) is 2.48. The summed E-state index contributed by atoms with van der Waals surface area (Å²) in [6.07, 6.45) is 3.57. The van der Waals surface area contributed by atoms with Crippen molar-refractivity contribution in [1.82, 2.24) is 0 Å². The highest BCUT2D eigenvalue weighted by atomic mass is 32.1. The Bertz CT molecular complexity index is 584. The molecule has 0 aliphatic heterocycles. The molecule has 0 atom stereocenters. The third kappa shape index (κ3) is 1.87. The first-order valence-electron chi connectivity index (χ1n) is 5.69. The van der Waals surface area contributed by atoms with Gasteiger partial charge in [0.1, 0.15) is 4.88 Å². The number of thiophene rings is 1. The number of rotatable bonds is 2. The Morgan fingerprint density at radius 3 is 2.71 bits per heavy atom. The average molecular weight is 244 g/mol. The molecular weight excluding hydrogens is 232 g/mol. The van der Waals surface area contributed by atoms with E-state index in [0.29, 0.717) is 4.88 Å². The van der Waals surface area contributed by atoms with Crippen LogP contribution in [0.15, 0.2) is 30.3 Å². The van der Waals surface area contributed by atoms with Gasteiger partial charge in [-0.15, -0.1) is 11.3 Å². The van der Waals surface area contributed by atoms with Crippen LogP contribution in [0.2, 0.25) is 0 Å². The summed E-state index contributed by atoms with van der Waals surface area (Å²) in [6, 6.07) is 10.1. The molecule has 3 rings (SSSR count). The average Bonchev–Trinajstić information content (AvgIpc) is 2.97. The van der Waals surface area contributed by atoms with E-state index in [1.54, 1.807) is 6.07 Å². The number of benzene rings is 1. The molecule has 0 fully saturated rings. The van der Waals surface area contributed by atoms with Gasteiger partial charge in [-0.05, 0) is 48.1 Å². The normalized spacial score (nSPS) is 13.6. The van der Waals surface area contributed by atoms with Crippen molar-refractivity contribution in [3.8, 4) is 10.4 Å². The summed E-state index contributed by atoms with van der Waals surface area (Å²) in [4.78, 5) is 12.3. The summed E-state index contributed by atoms with van der Waals surface area (Å²) in [6.45, 7) is 0. The van der Waals surface area contributed by atoms with Crippen molar-refractivity contribution in [2.75, 3.05) is 0 Å². The molecular formula is C14H12O2S. The van der Waals surface area contributed by atoms with Gasteiger partial charge in [0.25, 0.3) is 0 Å². The lowest BCUT2D eigenvalue weighted by Crippen LogP contribution is -1.89. The maximum atomic E-state index is 10.8. The Morgan fingerprint density at radius 2 is 1.94 bits per heavy atom. The highest BCUT2D eigenvalue weighted by molar-refractivity contribution is 7.17. The number of hydrogen-bond donors (Lipinski definition) is 1. The van der Waals surface area contributed by atoms with Gasteiger partial charge in [0.15, 0.2) is 0 Å². The van der Waals surface area contributed by atoms with Gasteiger partial charge in [0.05, 0.1) is 0 Å². The molecule has 0 bridgehead atoms. The number of aryl methyl sites for hydroxylation is 2. The number of carbonyl (C=O) groups is 1. The van der Waals surface area contributed by atoms with E-state index >= 15 is 0 Å². The molecule has 0 unspecified atom stereocenters. The molecule has 1 aromatic carbocycles. The quantitative estimate of drug-likeness (QED) is 0.876. The van der Waals surface area contributed by atoms with Crippen LogP contribution in [0.25, 0.3) is 10.4 Å². The zero-order valence-corrected chi connectivity index (χ0v) is 10.1. The number of aromatic carboxylic acids is 1.